The van der Waals surface area contributed by atoms with Crippen molar-refractivity contribution in [3.63, 3.8) is 0 Å². The van der Waals surface area contributed by atoms with Gasteiger partial charge in [-0.25, -0.2) is 0 Å². The molecule has 1 saturated heterocycles. The molecule has 1 unspecified atom stereocenters. The lowest BCUT2D eigenvalue weighted by Gasteiger charge is -2.15. The van der Waals surface area contributed by atoms with E-state index in [1.54, 1.807) is 0 Å². The van der Waals surface area contributed by atoms with E-state index in [1.807, 2.05) is 6.07 Å². The largest absolute Gasteiger partial charge is 0.454 e. The molecule has 0 radical (unpaired) electrons. The van der Waals surface area contributed by atoms with Crippen LogP contribution in [0, 0.1) is 0 Å². The fraction of sp³-hybridized carbons (Fsp3) is 0.571. The first kappa shape index (κ1) is 11.8. The fourth-order valence-corrected chi connectivity index (χ4v) is 2.42. The summed E-state index contributed by atoms with van der Waals surface area (Å²) in [6.07, 6.45) is 3.45. The van der Waals surface area contributed by atoms with Crippen molar-refractivity contribution in [1.29, 1.82) is 0 Å². The lowest BCUT2D eigenvalue weighted by atomic mass is 10.1. The number of rotatable bonds is 3. The molecule has 0 spiro atoms. The average Bonchev–Trinajstić information content (AvgIpc) is 2.70. The summed E-state index contributed by atoms with van der Waals surface area (Å²) in [5.41, 5.74) is 1.24. The fourth-order valence-electron chi connectivity index (χ4n) is 2.42. The van der Waals surface area contributed by atoms with E-state index in [9.17, 15) is 0 Å². The average molecular weight is 249 g/mol. The third-order valence-electron chi connectivity index (χ3n) is 3.48. The number of fused-ring (bicyclic) bond motifs is 1. The van der Waals surface area contributed by atoms with Gasteiger partial charge < -0.3 is 19.5 Å². The molecule has 1 aromatic carbocycles. The number of hydrogen-bond acceptors (Lipinski definition) is 4. The standard InChI is InChI=1S/C14H19NO3/c1-2-12(5-7-16-6-1)15-9-11-3-4-13-14(8-11)18-10-17-13/h3-4,8,12,15H,1-2,5-7,9-10H2. The number of hydrogen-bond donors (Lipinski definition) is 1. The maximum atomic E-state index is 5.46. The Morgan fingerprint density at radius 1 is 1.11 bits per heavy atom. The molecule has 0 aromatic heterocycles. The summed E-state index contributed by atoms with van der Waals surface area (Å²) < 4.78 is 16.1. The minimum atomic E-state index is 0.339. The van der Waals surface area contributed by atoms with E-state index in [1.165, 1.54) is 12.0 Å². The second-order valence-electron chi connectivity index (χ2n) is 4.81. The van der Waals surface area contributed by atoms with E-state index in [0.29, 0.717) is 12.8 Å². The van der Waals surface area contributed by atoms with Gasteiger partial charge in [-0.15, -0.1) is 0 Å². The van der Waals surface area contributed by atoms with Crippen LogP contribution in [0.5, 0.6) is 11.5 Å². The molecule has 2 aliphatic rings. The molecule has 2 aliphatic heterocycles. The maximum absolute atomic E-state index is 5.46. The minimum absolute atomic E-state index is 0.339. The van der Waals surface area contributed by atoms with Crippen molar-refractivity contribution in [1.82, 2.24) is 5.32 Å². The third-order valence-corrected chi connectivity index (χ3v) is 3.48. The third kappa shape index (κ3) is 2.76. The van der Waals surface area contributed by atoms with Crippen molar-refractivity contribution in [2.75, 3.05) is 20.0 Å². The van der Waals surface area contributed by atoms with Crippen LogP contribution in [-0.2, 0) is 11.3 Å². The van der Waals surface area contributed by atoms with E-state index in [0.717, 1.165) is 44.1 Å². The topological polar surface area (TPSA) is 39.7 Å². The van der Waals surface area contributed by atoms with Gasteiger partial charge in [-0.05, 0) is 37.0 Å². The molecular formula is C14H19NO3. The molecule has 1 aromatic rings. The van der Waals surface area contributed by atoms with Crippen molar-refractivity contribution >= 4 is 0 Å². The number of nitrogens with one attached hydrogen (secondary N) is 1. The van der Waals surface area contributed by atoms with Gasteiger partial charge in [-0.2, -0.15) is 0 Å². The Hall–Kier alpha value is -1.26. The monoisotopic (exact) mass is 249 g/mol. The molecule has 98 valence electrons. The van der Waals surface area contributed by atoms with E-state index < -0.39 is 0 Å². The highest BCUT2D eigenvalue weighted by molar-refractivity contribution is 5.44. The molecule has 1 N–H and O–H groups in total. The predicted molar refractivity (Wildman–Crippen MR) is 67.9 cm³/mol. The summed E-state index contributed by atoms with van der Waals surface area (Å²) in [5.74, 6) is 1.71. The van der Waals surface area contributed by atoms with E-state index in [-0.39, 0.29) is 0 Å². The Bertz CT molecular complexity index is 400. The van der Waals surface area contributed by atoms with Crippen LogP contribution >= 0.6 is 0 Å². The normalized spacial score (nSPS) is 22.8. The SMILES string of the molecule is c1cc2c(cc1CNC1CCCOCC1)OCO2. The summed E-state index contributed by atoms with van der Waals surface area (Å²) in [7, 11) is 0. The smallest absolute Gasteiger partial charge is 0.231 e. The van der Waals surface area contributed by atoms with E-state index in [4.69, 9.17) is 14.2 Å². The van der Waals surface area contributed by atoms with Gasteiger partial charge in [0.15, 0.2) is 11.5 Å². The summed E-state index contributed by atoms with van der Waals surface area (Å²) >= 11 is 0. The summed E-state index contributed by atoms with van der Waals surface area (Å²) in [6, 6.07) is 6.70. The molecule has 2 heterocycles. The first-order chi connectivity index (χ1) is 8.92. The molecule has 18 heavy (non-hydrogen) atoms. The van der Waals surface area contributed by atoms with Gasteiger partial charge >= 0.3 is 0 Å². The predicted octanol–water partition coefficient (Wildman–Crippen LogP) is 2.07. The Balaban J connectivity index is 1.56. The van der Waals surface area contributed by atoms with E-state index in [2.05, 4.69) is 17.4 Å². The Kier molecular flexibility index (Phi) is 3.67. The number of benzene rings is 1. The van der Waals surface area contributed by atoms with Crippen LogP contribution in [0.25, 0.3) is 0 Å². The lowest BCUT2D eigenvalue weighted by Crippen LogP contribution is -2.28. The van der Waals surface area contributed by atoms with Gasteiger partial charge in [0.1, 0.15) is 0 Å². The van der Waals surface area contributed by atoms with Crippen LogP contribution in [-0.4, -0.2) is 26.0 Å². The maximum Gasteiger partial charge on any atom is 0.231 e. The van der Waals surface area contributed by atoms with Gasteiger partial charge in [0.05, 0.1) is 0 Å². The molecule has 0 aliphatic carbocycles. The zero-order valence-corrected chi connectivity index (χ0v) is 10.5. The first-order valence-electron chi connectivity index (χ1n) is 6.61. The van der Waals surface area contributed by atoms with Crippen molar-refractivity contribution in [3.8, 4) is 11.5 Å². The zero-order chi connectivity index (χ0) is 12.2. The highest BCUT2D eigenvalue weighted by Gasteiger charge is 2.15. The van der Waals surface area contributed by atoms with Gasteiger partial charge in [0.25, 0.3) is 0 Å². The van der Waals surface area contributed by atoms with Crippen LogP contribution in [0.15, 0.2) is 18.2 Å². The van der Waals surface area contributed by atoms with Crippen molar-refractivity contribution in [2.45, 2.75) is 31.8 Å². The molecule has 3 rings (SSSR count). The van der Waals surface area contributed by atoms with Crippen LogP contribution in [0.3, 0.4) is 0 Å². The molecule has 1 fully saturated rings. The molecule has 0 amide bonds. The van der Waals surface area contributed by atoms with Gasteiger partial charge in [-0.1, -0.05) is 6.07 Å². The van der Waals surface area contributed by atoms with Crippen LogP contribution in [0.2, 0.25) is 0 Å². The van der Waals surface area contributed by atoms with Crippen molar-refractivity contribution < 1.29 is 14.2 Å². The second kappa shape index (κ2) is 5.59. The molecular weight excluding hydrogens is 230 g/mol. The minimum Gasteiger partial charge on any atom is -0.454 e. The van der Waals surface area contributed by atoms with Crippen LogP contribution in [0.4, 0.5) is 0 Å². The van der Waals surface area contributed by atoms with E-state index >= 15 is 0 Å². The Morgan fingerprint density at radius 3 is 3.06 bits per heavy atom. The number of ether oxygens (including phenoxy) is 3. The van der Waals surface area contributed by atoms with Gasteiger partial charge in [-0.3, -0.25) is 0 Å². The van der Waals surface area contributed by atoms with Gasteiger partial charge in [0, 0.05) is 25.8 Å². The first-order valence-corrected chi connectivity index (χ1v) is 6.61. The quantitative estimate of drug-likeness (QED) is 0.890. The molecule has 1 atom stereocenters. The molecule has 0 bridgehead atoms. The van der Waals surface area contributed by atoms with Gasteiger partial charge in [0.2, 0.25) is 6.79 Å². The summed E-state index contributed by atoms with van der Waals surface area (Å²) in [4.78, 5) is 0. The summed E-state index contributed by atoms with van der Waals surface area (Å²) in [6.45, 7) is 2.99. The Morgan fingerprint density at radius 2 is 2.06 bits per heavy atom. The molecule has 4 heteroatoms. The lowest BCUT2D eigenvalue weighted by molar-refractivity contribution is 0.142. The van der Waals surface area contributed by atoms with Crippen LogP contribution < -0.4 is 14.8 Å². The van der Waals surface area contributed by atoms with Crippen molar-refractivity contribution in [3.05, 3.63) is 23.8 Å². The molecule has 4 nitrogen and oxygen atoms in total. The highest BCUT2D eigenvalue weighted by atomic mass is 16.7. The van der Waals surface area contributed by atoms with Crippen LogP contribution in [0.1, 0.15) is 24.8 Å². The summed E-state index contributed by atoms with van der Waals surface area (Å²) in [5, 5.41) is 3.59. The molecule has 0 saturated carbocycles. The second-order valence-corrected chi connectivity index (χ2v) is 4.81. The zero-order valence-electron chi connectivity index (χ0n) is 10.5. The highest BCUT2D eigenvalue weighted by Crippen LogP contribution is 2.32. The van der Waals surface area contributed by atoms with Crippen molar-refractivity contribution in [2.24, 2.45) is 0 Å². The Labute approximate surface area is 107 Å².